The van der Waals surface area contributed by atoms with Gasteiger partial charge in [-0.15, -0.1) is 0 Å². The normalized spacial score (nSPS) is 31.9. The molecular formula is C14H16N2. The highest BCUT2D eigenvalue weighted by molar-refractivity contribution is 5.29. The third kappa shape index (κ3) is 1.96. The molecule has 4 heterocycles. The zero-order valence-corrected chi connectivity index (χ0v) is 9.39. The van der Waals surface area contributed by atoms with Crippen LogP contribution in [0.15, 0.2) is 24.4 Å². The van der Waals surface area contributed by atoms with Gasteiger partial charge >= 0.3 is 0 Å². The molecule has 2 nitrogen and oxygen atoms in total. The Bertz CT molecular complexity index is 407. The molecule has 3 aliphatic rings. The van der Waals surface area contributed by atoms with Gasteiger partial charge < -0.3 is 0 Å². The van der Waals surface area contributed by atoms with Crippen molar-refractivity contribution in [2.75, 3.05) is 13.1 Å². The third-order valence-corrected chi connectivity index (χ3v) is 3.68. The first-order valence-corrected chi connectivity index (χ1v) is 6.08. The molecule has 16 heavy (non-hydrogen) atoms. The second-order valence-electron chi connectivity index (χ2n) is 4.72. The fraction of sp³-hybridized carbons (Fsp3) is 0.500. The van der Waals surface area contributed by atoms with E-state index in [9.17, 15) is 0 Å². The van der Waals surface area contributed by atoms with Crippen molar-refractivity contribution in [2.45, 2.75) is 25.3 Å². The maximum Gasteiger partial charge on any atom is 0.113 e. The number of rotatable bonds is 0. The van der Waals surface area contributed by atoms with Crippen molar-refractivity contribution >= 4 is 0 Å². The van der Waals surface area contributed by atoms with Crippen LogP contribution in [0.25, 0.3) is 0 Å². The van der Waals surface area contributed by atoms with E-state index in [-0.39, 0.29) is 0 Å². The van der Waals surface area contributed by atoms with Crippen LogP contribution in [0.3, 0.4) is 0 Å². The van der Waals surface area contributed by atoms with Gasteiger partial charge in [0.05, 0.1) is 6.04 Å². The largest absolute Gasteiger partial charge is 0.290 e. The first kappa shape index (κ1) is 9.86. The number of aromatic nitrogens is 1. The van der Waals surface area contributed by atoms with Crippen molar-refractivity contribution in [1.29, 1.82) is 0 Å². The van der Waals surface area contributed by atoms with E-state index in [0.717, 1.165) is 11.6 Å². The fourth-order valence-corrected chi connectivity index (χ4v) is 2.71. The molecule has 4 rings (SSSR count). The number of fused-ring (bicyclic) bond motifs is 3. The minimum Gasteiger partial charge on any atom is -0.290 e. The van der Waals surface area contributed by atoms with Crippen molar-refractivity contribution in [3.8, 4) is 11.8 Å². The summed E-state index contributed by atoms with van der Waals surface area (Å²) in [7, 11) is 0. The molecule has 0 radical (unpaired) electrons. The first-order chi connectivity index (χ1) is 7.92. The molecule has 82 valence electrons. The summed E-state index contributed by atoms with van der Waals surface area (Å²) in [6.45, 7) is 2.48. The van der Waals surface area contributed by atoms with Gasteiger partial charge in [-0.2, -0.15) is 0 Å². The topological polar surface area (TPSA) is 16.1 Å². The van der Waals surface area contributed by atoms with E-state index in [0.29, 0.717) is 6.04 Å². The van der Waals surface area contributed by atoms with Crippen molar-refractivity contribution in [3.05, 3.63) is 30.1 Å². The molecule has 1 aromatic rings. The summed E-state index contributed by atoms with van der Waals surface area (Å²) in [5, 5.41) is 0. The van der Waals surface area contributed by atoms with E-state index in [4.69, 9.17) is 0 Å². The number of hydrogen-bond acceptors (Lipinski definition) is 2. The lowest BCUT2D eigenvalue weighted by Gasteiger charge is -2.43. The van der Waals surface area contributed by atoms with Crippen LogP contribution < -0.4 is 0 Å². The first-order valence-electron chi connectivity index (χ1n) is 6.08. The SMILES string of the molecule is C(#CC1CC2CCN1CC2)c1ccccn1. The van der Waals surface area contributed by atoms with E-state index in [1.165, 1.54) is 32.4 Å². The molecule has 0 N–H and O–H groups in total. The molecule has 1 atom stereocenters. The summed E-state index contributed by atoms with van der Waals surface area (Å²) < 4.78 is 0. The van der Waals surface area contributed by atoms with Gasteiger partial charge in [0, 0.05) is 6.20 Å². The number of pyridine rings is 1. The zero-order chi connectivity index (χ0) is 10.8. The van der Waals surface area contributed by atoms with Gasteiger partial charge in [-0.3, -0.25) is 4.90 Å². The molecule has 1 aromatic heterocycles. The summed E-state index contributed by atoms with van der Waals surface area (Å²) in [5.74, 6) is 7.50. The molecule has 3 saturated heterocycles. The minimum absolute atomic E-state index is 0.481. The van der Waals surface area contributed by atoms with Gasteiger partial charge in [0.1, 0.15) is 5.69 Å². The molecule has 1 unspecified atom stereocenters. The molecule has 0 amide bonds. The summed E-state index contributed by atoms with van der Waals surface area (Å²) in [6.07, 6.45) is 5.82. The van der Waals surface area contributed by atoms with E-state index in [1.54, 1.807) is 6.20 Å². The van der Waals surface area contributed by atoms with Crippen molar-refractivity contribution in [2.24, 2.45) is 5.92 Å². The van der Waals surface area contributed by atoms with Crippen LogP contribution in [0, 0.1) is 17.8 Å². The third-order valence-electron chi connectivity index (χ3n) is 3.68. The van der Waals surface area contributed by atoms with Crippen LogP contribution in [0.2, 0.25) is 0 Å². The average Bonchev–Trinajstić information content (AvgIpc) is 2.39. The van der Waals surface area contributed by atoms with Crippen LogP contribution in [-0.2, 0) is 0 Å². The molecule has 0 saturated carbocycles. The van der Waals surface area contributed by atoms with E-state index >= 15 is 0 Å². The fourth-order valence-electron chi connectivity index (χ4n) is 2.71. The van der Waals surface area contributed by atoms with Crippen LogP contribution >= 0.6 is 0 Å². The Hall–Kier alpha value is -1.33. The Morgan fingerprint density at radius 2 is 2.12 bits per heavy atom. The maximum absolute atomic E-state index is 4.23. The predicted octanol–water partition coefficient (Wildman–Crippen LogP) is 1.92. The lowest BCUT2D eigenvalue weighted by molar-refractivity contribution is 0.0782. The van der Waals surface area contributed by atoms with E-state index < -0.39 is 0 Å². The molecule has 0 aliphatic carbocycles. The van der Waals surface area contributed by atoms with Crippen LogP contribution in [0.5, 0.6) is 0 Å². The molecule has 0 aromatic carbocycles. The predicted molar refractivity (Wildman–Crippen MR) is 63.8 cm³/mol. The van der Waals surface area contributed by atoms with Gasteiger partial charge in [-0.25, -0.2) is 4.98 Å². The van der Waals surface area contributed by atoms with Gasteiger partial charge in [0.25, 0.3) is 0 Å². The molecule has 3 fully saturated rings. The Balaban J connectivity index is 1.74. The highest BCUT2D eigenvalue weighted by Crippen LogP contribution is 2.31. The standard InChI is InChI=1S/C14H16N2/c1-2-8-15-13(3-1)4-5-14-11-12-6-9-16(14)10-7-12/h1-3,8,12,14H,6-7,9-11H2. The monoisotopic (exact) mass is 212 g/mol. The average molecular weight is 212 g/mol. The molecule has 3 aliphatic heterocycles. The molecule has 2 heteroatoms. The van der Waals surface area contributed by atoms with Gasteiger partial charge in [-0.1, -0.05) is 12.0 Å². The second kappa shape index (κ2) is 4.27. The highest BCUT2D eigenvalue weighted by atomic mass is 15.2. The van der Waals surface area contributed by atoms with Crippen molar-refractivity contribution < 1.29 is 0 Å². The Morgan fingerprint density at radius 3 is 2.75 bits per heavy atom. The minimum atomic E-state index is 0.481. The smallest absolute Gasteiger partial charge is 0.113 e. The number of piperidine rings is 3. The second-order valence-corrected chi connectivity index (χ2v) is 4.72. The summed E-state index contributed by atoms with van der Waals surface area (Å²) in [6, 6.07) is 6.37. The lowest BCUT2D eigenvalue weighted by atomic mass is 9.83. The summed E-state index contributed by atoms with van der Waals surface area (Å²) in [5.41, 5.74) is 0.894. The lowest BCUT2D eigenvalue weighted by Crippen LogP contribution is -2.47. The Labute approximate surface area is 96.7 Å². The van der Waals surface area contributed by atoms with Crippen molar-refractivity contribution in [1.82, 2.24) is 9.88 Å². The Kier molecular flexibility index (Phi) is 2.63. The summed E-state index contributed by atoms with van der Waals surface area (Å²) in [4.78, 5) is 6.76. The maximum atomic E-state index is 4.23. The van der Waals surface area contributed by atoms with E-state index in [1.807, 2.05) is 18.2 Å². The van der Waals surface area contributed by atoms with Gasteiger partial charge in [0.2, 0.25) is 0 Å². The molecular weight excluding hydrogens is 196 g/mol. The zero-order valence-electron chi connectivity index (χ0n) is 9.39. The van der Waals surface area contributed by atoms with Crippen LogP contribution in [0.1, 0.15) is 25.0 Å². The number of nitrogens with zero attached hydrogens (tertiary/aromatic N) is 2. The van der Waals surface area contributed by atoms with Gasteiger partial charge in [-0.05, 0) is 56.3 Å². The van der Waals surface area contributed by atoms with Crippen LogP contribution in [0.4, 0.5) is 0 Å². The molecule has 0 spiro atoms. The Morgan fingerprint density at radius 1 is 1.25 bits per heavy atom. The van der Waals surface area contributed by atoms with Gasteiger partial charge in [0.15, 0.2) is 0 Å². The highest BCUT2D eigenvalue weighted by Gasteiger charge is 2.32. The van der Waals surface area contributed by atoms with Crippen molar-refractivity contribution in [3.63, 3.8) is 0 Å². The quantitative estimate of drug-likeness (QED) is 0.611. The number of hydrogen-bond donors (Lipinski definition) is 0. The molecule has 2 bridgehead atoms. The van der Waals surface area contributed by atoms with Crippen LogP contribution in [-0.4, -0.2) is 29.0 Å². The summed E-state index contributed by atoms with van der Waals surface area (Å²) >= 11 is 0. The van der Waals surface area contributed by atoms with E-state index in [2.05, 4.69) is 21.7 Å².